The molecule has 2 aromatic carbocycles. The van der Waals surface area contributed by atoms with Gasteiger partial charge in [0.25, 0.3) is 0 Å². The van der Waals surface area contributed by atoms with Gasteiger partial charge in [-0.25, -0.2) is 4.98 Å². The lowest BCUT2D eigenvalue weighted by molar-refractivity contribution is 0.249. The molecule has 0 amide bonds. The normalized spacial score (nSPS) is 14.5. The summed E-state index contributed by atoms with van der Waals surface area (Å²) in [4.78, 5) is 13.6. The fraction of sp³-hybridized carbons (Fsp3) is 0.385. The molecule has 0 spiro atoms. The number of ether oxygens (including phenoxy) is 1. The molecular formula is C26H32ClN6O2P. The number of halogens is 1. The molecule has 2 heterocycles. The Labute approximate surface area is 218 Å². The maximum absolute atomic E-state index is 12.7. The number of methoxy groups -OCH3 is 1. The van der Waals surface area contributed by atoms with Crippen LogP contribution in [0.2, 0.25) is 5.02 Å². The van der Waals surface area contributed by atoms with E-state index in [2.05, 4.69) is 62.7 Å². The number of anilines is 5. The standard InChI is InChI=1S/C26H32ClN6O2P/c1-32(2)18-12-14-33(15-13-18)19-10-11-21(23(16-19)35-3)30-26-28-17-20(27)25(31-26)29-22-8-6-7-9-24(22)36(4,5)34/h6,8,10-11,16-18H,12-15H2,1-5H3,(H2,28,29,30,31). The van der Waals surface area contributed by atoms with Gasteiger partial charge in [0, 0.05) is 30.9 Å². The van der Waals surface area contributed by atoms with E-state index in [0.29, 0.717) is 39.6 Å². The average molecular weight is 527 g/mol. The third-order valence-corrected chi connectivity index (χ3v) is 8.01. The van der Waals surface area contributed by atoms with Crippen LogP contribution in [0.25, 0.3) is 0 Å². The van der Waals surface area contributed by atoms with Crippen LogP contribution in [0.4, 0.5) is 28.8 Å². The maximum atomic E-state index is 12.7. The van der Waals surface area contributed by atoms with Crippen LogP contribution < -0.4 is 25.6 Å². The summed E-state index contributed by atoms with van der Waals surface area (Å²) in [6.45, 7) is 5.39. The molecule has 1 aliphatic heterocycles. The summed E-state index contributed by atoms with van der Waals surface area (Å²) in [5, 5.41) is 7.31. The van der Waals surface area contributed by atoms with E-state index in [0.717, 1.165) is 37.3 Å². The van der Waals surface area contributed by atoms with Gasteiger partial charge in [0.15, 0.2) is 5.82 Å². The summed E-state index contributed by atoms with van der Waals surface area (Å²) in [6, 6.07) is 16.0. The van der Waals surface area contributed by atoms with Crippen molar-refractivity contribution in [3.8, 4) is 5.75 Å². The van der Waals surface area contributed by atoms with E-state index in [1.165, 1.54) is 6.20 Å². The van der Waals surface area contributed by atoms with E-state index in [1.54, 1.807) is 32.6 Å². The maximum Gasteiger partial charge on any atom is 0.229 e. The van der Waals surface area contributed by atoms with Gasteiger partial charge < -0.3 is 29.7 Å². The van der Waals surface area contributed by atoms with Gasteiger partial charge in [-0.3, -0.25) is 0 Å². The van der Waals surface area contributed by atoms with Crippen molar-refractivity contribution in [2.24, 2.45) is 0 Å². The first-order valence-electron chi connectivity index (χ1n) is 11.8. The van der Waals surface area contributed by atoms with Crippen LogP contribution in [0, 0.1) is 12.1 Å². The number of benzene rings is 1. The summed E-state index contributed by atoms with van der Waals surface area (Å²) < 4.78 is 18.4. The predicted octanol–water partition coefficient (Wildman–Crippen LogP) is 5.00. The largest absolute Gasteiger partial charge is 0.494 e. The summed E-state index contributed by atoms with van der Waals surface area (Å²) in [7, 11) is 3.35. The van der Waals surface area contributed by atoms with Gasteiger partial charge in [0.2, 0.25) is 5.95 Å². The Kier molecular flexibility index (Phi) is 7.94. The minimum Gasteiger partial charge on any atom is -0.494 e. The highest BCUT2D eigenvalue weighted by molar-refractivity contribution is 7.70. The molecule has 0 radical (unpaired) electrons. The first-order chi connectivity index (χ1) is 17.2. The van der Waals surface area contributed by atoms with E-state index < -0.39 is 7.14 Å². The lowest BCUT2D eigenvalue weighted by Gasteiger charge is -2.36. The number of aromatic nitrogens is 2. The van der Waals surface area contributed by atoms with Gasteiger partial charge in [0.1, 0.15) is 17.9 Å². The van der Waals surface area contributed by atoms with Crippen molar-refractivity contribution in [2.45, 2.75) is 18.9 Å². The van der Waals surface area contributed by atoms with E-state index >= 15 is 0 Å². The number of hydrogen-bond donors (Lipinski definition) is 2. The molecule has 8 nitrogen and oxygen atoms in total. The molecule has 1 saturated heterocycles. The molecule has 1 aliphatic rings. The highest BCUT2D eigenvalue weighted by atomic mass is 35.5. The number of rotatable bonds is 8. The number of nitrogens with one attached hydrogen (secondary N) is 2. The van der Waals surface area contributed by atoms with E-state index in [-0.39, 0.29) is 0 Å². The second-order valence-corrected chi connectivity index (χ2v) is 13.0. The Bertz CT molecular complexity index is 1260. The van der Waals surface area contributed by atoms with Crippen molar-refractivity contribution in [1.29, 1.82) is 0 Å². The van der Waals surface area contributed by atoms with Crippen LogP contribution in [-0.4, -0.2) is 68.5 Å². The molecule has 4 rings (SSSR count). The molecule has 0 saturated carbocycles. The van der Waals surface area contributed by atoms with Crippen LogP contribution >= 0.6 is 18.7 Å². The zero-order chi connectivity index (χ0) is 25.9. The summed E-state index contributed by atoms with van der Waals surface area (Å²) in [6.07, 6.45) is 3.78. The second kappa shape index (κ2) is 11.0. The fourth-order valence-corrected chi connectivity index (χ4v) is 5.47. The highest BCUT2D eigenvalue weighted by Crippen LogP contribution is 2.38. The monoisotopic (exact) mass is 526 g/mol. The van der Waals surface area contributed by atoms with Crippen molar-refractivity contribution in [3.05, 3.63) is 53.7 Å². The van der Waals surface area contributed by atoms with E-state index in [9.17, 15) is 4.57 Å². The second-order valence-electron chi connectivity index (χ2n) is 9.42. The molecule has 0 unspecified atom stereocenters. The molecule has 190 valence electrons. The Morgan fingerprint density at radius 2 is 1.92 bits per heavy atom. The minimum absolute atomic E-state index is 0.338. The molecule has 0 atom stereocenters. The van der Waals surface area contributed by atoms with Crippen molar-refractivity contribution in [3.63, 3.8) is 0 Å². The van der Waals surface area contributed by atoms with Gasteiger partial charge in [-0.2, -0.15) is 4.98 Å². The zero-order valence-electron chi connectivity index (χ0n) is 21.3. The van der Waals surface area contributed by atoms with Gasteiger partial charge in [-0.15, -0.1) is 0 Å². The first kappa shape index (κ1) is 26.1. The molecule has 2 N–H and O–H groups in total. The molecule has 3 aromatic rings. The van der Waals surface area contributed by atoms with Crippen LogP contribution in [0.15, 0.2) is 36.5 Å². The van der Waals surface area contributed by atoms with Crippen LogP contribution in [0.1, 0.15) is 12.8 Å². The summed E-state index contributed by atoms with van der Waals surface area (Å²) >= 11 is 6.38. The average Bonchev–Trinajstić information content (AvgIpc) is 2.86. The minimum atomic E-state index is -2.58. The molecular weight excluding hydrogens is 495 g/mol. The van der Waals surface area contributed by atoms with Crippen molar-refractivity contribution in [1.82, 2.24) is 14.9 Å². The Morgan fingerprint density at radius 1 is 1.17 bits per heavy atom. The Balaban J connectivity index is 1.53. The first-order valence-corrected chi connectivity index (χ1v) is 14.8. The Hall–Kier alpha value is -2.98. The lowest BCUT2D eigenvalue weighted by atomic mass is 10.0. The molecule has 10 heteroatoms. The Morgan fingerprint density at radius 3 is 2.58 bits per heavy atom. The summed E-state index contributed by atoms with van der Waals surface area (Å²) in [5.41, 5.74) is 2.49. The topological polar surface area (TPSA) is 82.6 Å². The SMILES string of the molecule is COc1cc(N2CCC(N(C)C)CC2)ccc1Nc1ncc(Cl)c(Nc2ccc#cc2P(C)(C)=O)n1. The van der Waals surface area contributed by atoms with Gasteiger partial charge in [0.05, 0.1) is 30.0 Å². The van der Waals surface area contributed by atoms with E-state index in [1.807, 2.05) is 12.1 Å². The van der Waals surface area contributed by atoms with Crippen LogP contribution in [0.5, 0.6) is 5.75 Å². The van der Waals surface area contributed by atoms with Gasteiger partial charge >= 0.3 is 0 Å². The zero-order valence-corrected chi connectivity index (χ0v) is 23.0. The number of hydrogen-bond acceptors (Lipinski definition) is 8. The fourth-order valence-electron chi connectivity index (χ4n) is 4.29. The quantitative estimate of drug-likeness (QED) is 0.397. The molecule has 0 aliphatic carbocycles. The van der Waals surface area contributed by atoms with Crippen LogP contribution in [-0.2, 0) is 4.57 Å². The van der Waals surface area contributed by atoms with Crippen molar-refractivity contribution >= 4 is 52.9 Å². The molecule has 1 aromatic heterocycles. The van der Waals surface area contributed by atoms with Crippen molar-refractivity contribution in [2.75, 3.05) is 63.2 Å². The number of nitrogens with zero attached hydrogens (tertiary/aromatic N) is 4. The highest BCUT2D eigenvalue weighted by Gasteiger charge is 2.22. The lowest BCUT2D eigenvalue weighted by Crippen LogP contribution is -2.41. The third-order valence-electron chi connectivity index (χ3n) is 6.31. The smallest absolute Gasteiger partial charge is 0.229 e. The van der Waals surface area contributed by atoms with E-state index in [4.69, 9.17) is 16.3 Å². The predicted molar refractivity (Wildman–Crippen MR) is 149 cm³/mol. The van der Waals surface area contributed by atoms with Gasteiger partial charge in [-0.05, 0) is 64.5 Å². The molecule has 0 bridgehead atoms. The molecule has 36 heavy (non-hydrogen) atoms. The number of piperidine rings is 1. The van der Waals surface area contributed by atoms with Crippen molar-refractivity contribution < 1.29 is 9.30 Å². The van der Waals surface area contributed by atoms with Crippen LogP contribution in [0.3, 0.4) is 0 Å². The third kappa shape index (κ3) is 6.04. The summed E-state index contributed by atoms with van der Waals surface area (Å²) in [5.74, 6) is 1.44. The van der Waals surface area contributed by atoms with Gasteiger partial charge in [-0.1, -0.05) is 23.7 Å². The molecule has 1 fully saturated rings.